The van der Waals surface area contributed by atoms with Crippen LogP contribution in [0.3, 0.4) is 0 Å². The van der Waals surface area contributed by atoms with Gasteiger partial charge in [-0.1, -0.05) is 6.85 Å². The van der Waals surface area contributed by atoms with E-state index >= 15 is 0 Å². The minimum atomic E-state index is -2.59. The minimum Gasteiger partial charge on any atom is -0.548 e. The Morgan fingerprint density at radius 2 is 2.46 bits per heavy atom. The largest absolute Gasteiger partial charge is 0.548 e. The Bertz CT molecular complexity index is 329. The highest BCUT2D eigenvalue weighted by Crippen LogP contribution is 2.27. The first-order valence-corrected chi connectivity index (χ1v) is 8.24. The summed E-state index contributed by atoms with van der Waals surface area (Å²) in [4.78, 5) is 0. The molecule has 1 unspecified atom stereocenters. The second-order valence-electron chi connectivity index (χ2n) is 4.49. The number of hydrogen-bond donors (Lipinski definition) is 0. The van der Waals surface area contributed by atoms with Crippen LogP contribution in [-0.4, -0.2) is 8.32 Å². The summed E-state index contributed by atoms with van der Waals surface area (Å²) in [6.07, 6.45) is 1.67. The topological polar surface area (TPSA) is 9.23 Å². The summed E-state index contributed by atoms with van der Waals surface area (Å²) >= 11 is 0. The minimum absolute atomic E-state index is 0.573. The van der Waals surface area contributed by atoms with Crippen LogP contribution in [0.5, 0.6) is 0 Å². The molecule has 1 aliphatic rings. The molecule has 1 aliphatic carbocycles. The van der Waals surface area contributed by atoms with Gasteiger partial charge in [-0.05, 0) is 50.8 Å². The lowest BCUT2D eigenvalue weighted by Gasteiger charge is -2.26. The lowest BCUT2D eigenvalue weighted by Crippen LogP contribution is -2.26. The van der Waals surface area contributed by atoms with E-state index in [-0.39, 0.29) is 0 Å². The summed E-state index contributed by atoms with van der Waals surface area (Å²) in [7, 11) is -1.71. The fourth-order valence-corrected chi connectivity index (χ4v) is 2.44. The van der Waals surface area contributed by atoms with Gasteiger partial charge in [-0.25, -0.2) is 0 Å². The first-order valence-electron chi connectivity index (χ1n) is 7.33. The van der Waals surface area contributed by atoms with Gasteiger partial charge in [0.25, 0.3) is 0 Å². The number of rotatable bonds is 3. The monoisotopic (exact) mass is 203 g/mol. The second kappa shape index (κ2) is 4.31. The summed E-state index contributed by atoms with van der Waals surface area (Å²) in [5.41, 5.74) is 0. The molecule has 0 amide bonds. The first-order chi connectivity index (χ1) is 7.93. The van der Waals surface area contributed by atoms with Crippen LogP contribution in [0, 0.1) is 5.92 Å². The molecule has 1 rings (SSSR count). The van der Waals surface area contributed by atoms with Gasteiger partial charge in [0.1, 0.15) is 0 Å². The van der Waals surface area contributed by atoms with Crippen LogP contribution in [0.2, 0.25) is 19.6 Å². The fraction of sp³-hybridized carbons (Fsp3) is 0.818. The summed E-state index contributed by atoms with van der Waals surface area (Å²) in [6.45, 7) is 3.61. The van der Waals surface area contributed by atoms with E-state index in [4.69, 9.17) is 11.3 Å². The summed E-state index contributed by atoms with van der Waals surface area (Å²) in [5.74, 6) is 0.198. The van der Waals surface area contributed by atoms with E-state index in [9.17, 15) is 0 Å². The van der Waals surface area contributed by atoms with E-state index < -0.39 is 27.5 Å². The molecule has 0 fully saturated rings. The van der Waals surface area contributed by atoms with Gasteiger partial charge >= 0.3 is 0 Å². The average molecular weight is 203 g/mol. The normalized spacial score (nSPS) is 31.8. The van der Waals surface area contributed by atoms with Crippen molar-refractivity contribution in [2.75, 3.05) is 0 Å². The molecular formula is C11H22OSi. The molecule has 0 aromatic heterocycles. The van der Waals surface area contributed by atoms with Gasteiger partial charge in [0.05, 0.1) is 5.76 Å². The SMILES string of the molecule is [2H]C([2H])([2H])C([2H])([2H])C1C=C(O[Si](C)(C)C)CCC1. The Balaban J connectivity index is 2.89. The molecule has 0 saturated heterocycles. The average Bonchev–Trinajstić information content (AvgIpc) is 2.13. The Morgan fingerprint density at radius 3 is 3.08 bits per heavy atom. The van der Waals surface area contributed by atoms with Crippen molar-refractivity contribution in [3.8, 4) is 0 Å². The van der Waals surface area contributed by atoms with Crippen LogP contribution in [-0.2, 0) is 4.43 Å². The van der Waals surface area contributed by atoms with E-state index in [0.717, 1.165) is 18.6 Å². The summed E-state index contributed by atoms with van der Waals surface area (Å²) < 4.78 is 43.4. The van der Waals surface area contributed by atoms with Gasteiger partial charge in [-0.2, -0.15) is 0 Å². The second-order valence-corrected chi connectivity index (χ2v) is 8.92. The molecule has 2 heteroatoms. The van der Waals surface area contributed by atoms with Crippen LogP contribution in [0.4, 0.5) is 0 Å². The maximum Gasteiger partial charge on any atom is 0.241 e. The highest BCUT2D eigenvalue weighted by atomic mass is 28.4. The lowest BCUT2D eigenvalue weighted by atomic mass is 9.93. The molecule has 0 radical (unpaired) electrons. The molecule has 0 N–H and O–H groups in total. The maximum absolute atomic E-state index is 7.81. The van der Waals surface area contributed by atoms with Crippen molar-refractivity contribution in [3.63, 3.8) is 0 Å². The molecule has 0 aromatic carbocycles. The Kier molecular flexibility index (Phi) is 1.86. The first kappa shape index (κ1) is 5.59. The van der Waals surface area contributed by atoms with Crippen molar-refractivity contribution in [2.45, 2.75) is 52.1 Å². The van der Waals surface area contributed by atoms with E-state index in [0.29, 0.717) is 6.42 Å². The number of hydrogen-bond acceptors (Lipinski definition) is 1. The highest BCUT2D eigenvalue weighted by molar-refractivity contribution is 6.70. The molecule has 0 bridgehead atoms. The highest BCUT2D eigenvalue weighted by Gasteiger charge is 2.20. The molecule has 0 heterocycles. The molecular weight excluding hydrogens is 176 g/mol. The molecule has 0 aromatic rings. The predicted molar refractivity (Wildman–Crippen MR) is 60.1 cm³/mol. The van der Waals surface area contributed by atoms with Gasteiger partial charge < -0.3 is 4.43 Å². The lowest BCUT2D eigenvalue weighted by molar-refractivity contribution is 0.355. The van der Waals surface area contributed by atoms with Crippen LogP contribution in [0.15, 0.2) is 11.8 Å². The van der Waals surface area contributed by atoms with Gasteiger partial charge in [0.15, 0.2) is 0 Å². The van der Waals surface area contributed by atoms with Crippen molar-refractivity contribution in [1.82, 2.24) is 0 Å². The van der Waals surface area contributed by atoms with E-state index in [1.54, 1.807) is 6.08 Å². The Hall–Kier alpha value is -0.243. The molecule has 1 nitrogen and oxygen atoms in total. The maximum atomic E-state index is 7.81. The van der Waals surface area contributed by atoms with E-state index in [1.807, 2.05) is 0 Å². The summed E-state index contributed by atoms with van der Waals surface area (Å²) in [5, 5.41) is 0. The van der Waals surface area contributed by atoms with Gasteiger partial charge in [-0.15, -0.1) is 0 Å². The zero-order chi connectivity index (χ0) is 14.2. The van der Waals surface area contributed by atoms with Crippen LogP contribution in [0.1, 0.15) is 39.3 Å². The van der Waals surface area contributed by atoms with Crippen LogP contribution in [0.25, 0.3) is 0 Å². The summed E-state index contributed by atoms with van der Waals surface area (Å²) in [6, 6.07) is 0. The molecule has 13 heavy (non-hydrogen) atoms. The van der Waals surface area contributed by atoms with Gasteiger partial charge in [0, 0.05) is 13.3 Å². The molecule has 76 valence electrons. The third-order valence-electron chi connectivity index (χ3n) is 1.95. The third kappa shape index (κ3) is 3.99. The standard InChI is InChI=1S/C11H22OSi/c1-5-10-7-6-8-11(9-10)12-13(2,3)4/h9-10H,5-8H2,1-4H3/i1D3,5D2. The van der Waals surface area contributed by atoms with Crippen molar-refractivity contribution < 1.29 is 11.3 Å². The van der Waals surface area contributed by atoms with Crippen LogP contribution >= 0.6 is 0 Å². The number of allylic oxidation sites excluding steroid dienone is 2. The van der Waals surface area contributed by atoms with Crippen molar-refractivity contribution in [2.24, 2.45) is 5.92 Å². The molecule has 0 saturated carbocycles. The van der Waals surface area contributed by atoms with Crippen LogP contribution < -0.4 is 0 Å². The molecule has 0 spiro atoms. The van der Waals surface area contributed by atoms with E-state index in [1.165, 1.54) is 0 Å². The smallest absolute Gasteiger partial charge is 0.241 e. The van der Waals surface area contributed by atoms with Gasteiger partial charge in [0.2, 0.25) is 8.32 Å². The van der Waals surface area contributed by atoms with Crippen molar-refractivity contribution in [1.29, 1.82) is 0 Å². The van der Waals surface area contributed by atoms with Crippen molar-refractivity contribution in [3.05, 3.63) is 11.8 Å². The van der Waals surface area contributed by atoms with Gasteiger partial charge in [-0.3, -0.25) is 0 Å². The Morgan fingerprint density at radius 1 is 1.69 bits per heavy atom. The molecule has 1 atom stereocenters. The zero-order valence-electron chi connectivity index (χ0n) is 13.7. The van der Waals surface area contributed by atoms with Crippen molar-refractivity contribution >= 4 is 8.32 Å². The predicted octanol–water partition coefficient (Wildman–Crippen LogP) is 3.93. The van der Waals surface area contributed by atoms with E-state index in [2.05, 4.69) is 19.6 Å². The molecule has 0 aliphatic heterocycles. The fourth-order valence-electron chi connectivity index (χ4n) is 1.48. The Labute approximate surface area is 90.3 Å². The third-order valence-corrected chi connectivity index (χ3v) is 2.82. The quantitative estimate of drug-likeness (QED) is 0.632. The zero-order valence-corrected chi connectivity index (χ0v) is 9.68.